The Bertz CT molecular complexity index is 644. The minimum absolute atomic E-state index is 0.0252. The maximum atomic E-state index is 12.6. The SMILES string of the molecule is N#Cc1ccccc1OCc1cccc(C(F)(F)F)c1. The average Bonchev–Trinajstić information content (AvgIpc) is 2.45. The highest BCUT2D eigenvalue weighted by atomic mass is 19.4. The molecule has 0 unspecified atom stereocenters. The van der Waals surface area contributed by atoms with Crippen molar-refractivity contribution in [3.63, 3.8) is 0 Å². The average molecular weight is 277 g/mol. The number of ether oxygens (including phenoxy) is 1. The number of para-hydroxylation sites is 1. The van der Waals surface area contributed by atoms with Crippen molar-refractivity contribution in [2.24, 2.45) is 0 Å². The van der Waals surface area contributed by atoms with E-state index in [0.29, 0.717) is 16.9 Å². The molecule has 5 heteroatoms. The summed E-state index contributed by atoms with van der Waals surface area (Å²) < 4.78 is 43.1. The van der Waals surface area contributed by atoms with Crippen LogP contribution in [-0.2, 0) is 12.8 Å². The molecule has 0 aliphatic rings. The molecule has 0 aliphatic heterocycles. The van der Waals surface area contributed by atoms with Crippen LogP contribution in [0.3, 0.4) is 0 Å². The highest BCUT2D eigenvalue weighted by molar-refractivity contribution is 5.42. The first-order valence-electron chi connectivity index (χ1n) is 5.79. The zero-order chi connectivity index (χ0) is 14.6. The summed E-state index contributed by atoms with van der Waals surface area (Å²) in [5.74, 6) is 0.354. The second kappa shape index (κ2) is 5.66. The van der Waals surface area contributed by atoms with Gasteiger partial charge in [0.15, 0.2) is 0 Å². The van der Waals surface area contributed by atoms with Crippen molar-refractivity contribution in [1.29, 1.82) is 5.26 Å². The summed E-state index contributed by atoms with van der Waals surface area (Å²) in [6.45, 7) is -0.0252. The number of nitriles is 1. The molecule has 0 heterocycles. The van der Waals surface area contributed by atoms with E-state index < -0.39 is 11.7 Å². The number of rotatable bonds is 3. The van der Waals surface area contributed by atoms with Gasteiger partial charge in [-0.2, -0.15) is 18.4 Å². The third kappa shape index (κ3) is 3.29. The minimum atomic E-state index is -4.37. The summed E-state index contributed by atoms with van der Waals surface area (Å²) in [7, 11) is 0. The van der Waals surface area contributed by atoms with Gasteiger partial charge in [0.05, 0.1) is 11.1 Å². The van der Waals surface area contributed by atoms with Gasteiger partial charge < -0.3 is 4.74 Å². The lowest BCUT2D eigenvalue weighted by atomic mass is 10.1. The summed E-state index contributed by atoms with van der Waals surface area (Å²) in [6.07, 6.45) is -4.37. The van der Waals surface area contributed by atoms with Gasteiger partial charge in [0, 0.05) is 0 Å². The Morgan fingerprint density at radius 3 is 2.50 bits per heavy atom. The Morgan fingerprint density at radius 2 is 1.80 bits per heavy atom. The Morgan fingerprint density at radius 1 is 1.05 bits per heavy atom. The molecular weight excluding hydrogens is 267 g/mol. The number of hydrogen-bond donors (Lipinski definition) is 0. The fourth-order valence-corrected chi connectivity index (χ4v) is 1.68. The van der Waals surface area contributed by atoms with Crippen molar-refractivity contribution in [2.75, 3.05) is 0 Å². The molecule has 0 atom stereocenters. The highest BCUT2D eigenvalue weighted by Gasteiger charge is 2.30. The lowest BCUT2D eigenvalue weighted by Crippen LogP contribution is -2.06. The Kier molecular flexibility index (Phi) is 3.94. The van der Waals surface area contributed by atoms with Gasteiger partial charge in [0.1, 0.15) is 18.4 Å². The van der Waals surface area contributed by atoms with E-state index in [1.54, 1.807) is 30.3 Å². The largest absolute Gasteiger partial charge is 0.488 e. The number of hydrogen-bond acceptors (Lipinski definition) is 2. The smallest absolute Gasteiger partial charge is 0.416 e. The van der Waals surface area contributed by atoms with Crippen LogP contribution < -0.4 is 4.74 Å². The van der Waals surface area contributed by atoms with Gasteiger partial charge in [-0.05, 0) is 29.8 Å². The fourth-order valence-electron chi connectivity index (χ4n) is 1.68. The van der Waals surface area contributed by atoms with Crippen LogP contribution in [-0.4, -0.2) is 0 Å². The Hall–Kier alpha value is -2.48. The summed E-state index contributed by atoms with van der Waals surface area (Å²) in [5.41, 5.74) is 0.0270. The highest BCUT2D eigenvalue weighted by Crippen LogP contribution is 2.29. The zero-order valence-corrected chi connectivity index (χ0v) is 10.3. The maximum absolute atomic E-state index is 12.6. The predicted molar refractivity (Wildman–Crippen MR) is 66.9 cm³/mol. The van der Waals surface area contributed by atoms with E-state index in [1.807, 2.05) is 6.07 Å². The van der Waals surface area contributed by atoms with Crippen LogP contribution in [0.15, 0.2) is 48.5 Å². The normalized spacial score (nSPS) is 10.9. The van der Waals surface area contributed by atoms with Crippen molar-refractivity contribution in [3.05, 3.63) is 65.2 Å². The number of nitrogens with zero attached hydrogens (tertiary/aromatic N) is 1. The molecule has 0 amide bonds. The van der Waals surface area contributed by atoms with E-state index in [4.69, 9.17) is 10.00 Å². The van der Waals surface area contributed by atoms with E-state index in [9.17, 15) is 13.2 Å². The third-order valence-electron chi connectivity index (χ3n) is 2.66. The molecule has 20 heavy (non-hydrogen) atoms. The molecule has 0 radical (unpaired) electrons. The predicted octanol–water partition coefficient (Wildman–Crippen LogP) is 4.16. The molecular formula is C15H10F3NO. The number of alkyl halides is 3. The van der Waals surface area contributed by atoms with Gasteiger partial charge in [-0.3, -0.25) is 0 Å². The second-order valence-electron chi connectivity index (χ2n) is 4.09. The van der Waals surface area contributed by atoms with Gasteiger partial charge in [-0.25, -0.2) is 0 Å². The molecule has 0 saturated carbocycles. The summed E-state index contributed by atoms with van der Waals surface area (Å²) in [4.78, 5) is 0. The monoisotopic (exact) mass is 277 g/mol. The van der Waals surface area contributed by atoms with Crippen molar-refractivity contribution >= 4 is 0 Å². The van der Waals surface area contributed by atoms with Gasteiger partial charge >= 0.3 is 6.18 Å². The first kappa shape index (κ1) is 13.9. The fraction of sp³-hybridized carbons (Fsp3) is 0.133. The molecule has 0 fully saturated rings. The lowest BCUT2D eigenvalue weighted by molar-refractivity contribution is -0.137. The van der Waals surface area contributed by atoms with E-state index >= 15 is 0 Å². The van der Waals surface area contributed by atoms with Crippen LogP contribution >= 0.6 is 0 Å². The van der Waals surface area contributed by atoms with Gasteiger partial charge in [-0.15, -0.1) is 0 Å². The van der Waals surface area contributed by atoms with Crippen molar-refractivity contribution in [1.82, 2.24) is 0 Å². The van der Waals surface area contributed by atoms with Crippen molar-refractivity contribution in [3.8, 4) is 11.8 Å². The van der Waals surface area contributed by atoms with E-state index in [0.717, 1.165) is 12.1 Å². The quantitative estimate of drug-likeness (QED) is 0.844. The van der Waals surface area contributed by atoms with Crippen LogP contribution in [0, 0.1) is 11.3 Å². The van der Waals surface area contributed by atoms with Gasteiger partial charge in [0.25, 0.3) is 0 Å². The number of halogens is 3. The standard InChI is InChI=1S/C15H10F3NO/c16-15(17,18)13-6-3-4-11(8-13)10-20-14-7-2-1-5-12(14)9-19/h1-8H,10H2. The molecule has 2 aromatic carbocycles. The molecule has 0 bridgehead atoms. The van der Waals surface area contributed by atoms with Crippen LogP contribution in [0.1, 0.15) is 16.7 Å². The van der Waals surface area contributed by atoms with E-state index in [2.05, 4.69) is 0 Å². The Labute approximate surface area is 114 Å². The summed E-state index contributed by atoms with van der Waals surface area (Å²) in [6, 6.07) is 13.5. The van der Waals surface area contributed by atoms with Crippen LogP contribution in [0.4, 0.5) is 13.2 Å². The van der Waals surface area contributed by atoms with Crippen LogP contribution in [0.5, 0.6) is 5.75 Å². The molecule has 0 saturated heterocycles. The van der Waals surface area contributed by atoms with Crippen LogP contribution in [0.2, 0.25) is 0 Å². The first-order valence-corrected chi connectivity index (χ1v) is 5.79. The van der Waals surface area contributed by atoms with Gasteiger partial charge in [-0.1, -0.05) is 24.3 Å². The second-order valence-corrected chi connectivity index (χ2v) is 4.09. The molecule has 0 spiro atoms. The molecule has 2 aromatic rings. The minimum Gasteiger partial charge on any atom is -0.488 e. The molecule has 2 nitrogen and oxygen atoms in total. The summed E-state index contributed by atoms with van der Waals surface area (Å²) in [5, 5.41) is 8.89. The van der Waals surface area contributed by atoms with Crippen LogP contribution in [0.25, 0.3) is 0 Å². The maximum Gasteiger partial charge on any atom is 0.416 e. The molecule has 0 aromatic heterocycles. The van der Waals surface area contributed by atoms with Crippen molar-refractivity contribution in [2.45, 2.75) is 12.8 Å². The molecule has 102 valence electrons. The first-order chi connectivity index (χ1) is 9.50. The van der Waals surface area contributed by atoms with E-state index in [1.165, 1.54) is 6.07 Å². The molecule has 2 rings (SSSR count). The molecule has 0 N–H and O–H groups in total. The van der Waals surface area contributed by atoms with Crippen molar-refractivity contribution < 1.29 is 17.9 Å². The third-order valence-corrected chi connectivity index (χ3v) is 2.66. The van der Waals surface area contributed by atoms with E-state index in [-0.39, 0.29) is 6.61 Å². The summed E-state index contributed by atoms with van der Waals surface area (Å²) >= 11 is 0. The topological polar surface area (TPSA) is 33.0 Å². The molecule has 0 aliphatic carbocycles. The van der Waals surface area contributed by atoms with Gasteiger partial charge in [0.2, 0.25) is 0 Å². The lowest BCUT2D eigenvalue weighted by Gasteiger charge is -2.10. The number of benzene rings is 2. The Balaban J connectivity index is 2.14. The zero-order valence-electron chi connectivity index (χ0n) is 10.3.